The fourth-order valence-electron chi connectivity index (χ4n) is 2.72. The van der Waals surface area contributed by atoms with E-state index in [1.54, 1.807) is 0 Å². The van der Waals surface area contributed by atoms with Gasteiger partial charge < -0.3 is 4.98 Å². The SMILES string of the molecule is O=c1[nH]c2c(c(=O)[nH]1)CCC[C@@H]2c1ccccc1. The Morgan fingerprint density at radius 2 is 1.83 bits per heavy atom. The molecule has 4 nitrogen and oxygen atoms in total. The van der Waals surface area contributed by atoms with Crippen LogP contribution in [0.1, 0.15) is 35.6 Å². The topological polar surface area (TPSA) is 65.7 Å². The minimum atomic E-state index is -0.415. The van der Waals surface area contributed by atoms with Crippen LogP contribution in [0.3, 0.4) is 0 Å². The summed E-state index contributed by atoms with van der Waals surface area (Å²) >= 11 is 0. The molecule has 4 heteroatoms. The van der Waals surface area contributed by atoms with Crippen molar-refractivity contribution in [3.8, 4) is 0 Å². The fourth-order valence-corrected chi connectivity index (χ4v) is 2.72. The van der Waals surface area contributed by atoms with Crippen molar-refractivity contribution in [2.75, 3.05) is 0 Å². The molecule has 1 heterocycles. The molecule has 1 aliphatic carbocycles. The van der Waals surface area contributed by atoms with Crippen molar-refractivity contribution >= 4 is 0 Å². The Kier molecular flexibility index (Phi) is 2.63. The Balaban J connectivity index is 2.18. The molecular weight excluding hydrogens is 228 g/mol. The monoisotopic (exact) mass is 242 g/mol. The lowest BCUT2D eigenvalue weighted by atomic mass is 9.83. The number of hydrogen-bond donors (Lipinski definition) is 2. The molecule has 3 rings (SSSR count). The van der Waals surface area contributed by atoms with Crippen LogP contribution >= 0.6 is 0 Å². The summed E-state index contributed by atoms with van der Waals surface area (Å²) in [6.07, 6.45) is 2.68. The number of fused-ring (bicyclic) bond motifs is 1. The fraction of sp³-hybridized carbons (Fsp3) is 0.286. The molecule has 0 amide bonds. The molecule has 0 radical (unpaired) electrons. The average molecular weight is 242 g/mol. The standard InChI is InChI=1S/C14H14N2O2/c17-13-11-8-4-7-10(9-5-2-1-3-6-9)12(11)15-14(18)16-13/h1-3,5-6,10H,4,7-8H2,(H2,15,16,17,18)/t10-/m1/s1. The van der Waals surface area contributed by atoms with E-state index in [1.165, 1.54) is 0 Å². The molecule has 1 aliphatic rings. The van der Waals surface area contributed by atoms with Gasteiger partial charge in [-0.2, -0.15) is 0 Å². The number of aromatic nitrogens is 2. The third kappa shape index (κ3) is 1.79. The quantitative estimate of drug-likeness (QED) is 0.796. The van der Waals surface area contributed by atoms with Crippen LogP contribution in [0.4, 0.5) is 0 Å². The molecular formula is C14H14N2O2. The Morgan fingerprint density at radius 3 is 2.61 bits per heavy atom. The normalized spacial score (nSPS) is 18.3. The maximum atomic E-state index is 11.8. The van der Waals surface area contributed by atoms with E-state index in [2.05, 4.69) is 9.97 Å². The third-order valence-corrected chi connectivity index (χ3v) is 3.54. The minimum Gasteiger partial charge on any atom is -0.310 e. The van der Waals surface area contributed by atoms with Gasteiger partial charge >= 0.3 is 5.69 Å². The molecule has 1 aromatic carbocycles. The van der Waals surface area contributed by atoms with Gasteiger partial charge in [-0.05, 0) is 24.8 Å². The van der Waals surface area contributed by atoms with Crippen LogP contribution in [0.25, 0.3) is 0 Å². The lowest BCUT2D eigenvalue weighted by molar-refractivity contribution is 0.586. The Bertz CT molecular complexity index is 670. The number of rotatable bonds is 1. The molecule has 2 aromatic rings. The Morgan fingerprint density at radius 1 is 1.06 bits per heavy atom. The van der Waals surface area contributed by atoms with Gasteiger partial charge in [0.2, 0.25) is 0 Å². The summed E-state index contributed by atoms with van der Waals surface area (Å²) in [5.41, 5.74) is 2.02. The van der Waals surface area contributed by atoms with Crippen molar-refractivity contribution in [2.24, 2.45) is 0 Å². The van der Waals surface area contributed by atoms with Crippen LogP contribution in [0, 0.1) is 0 Å². The molecule has 0 bridgehead atoms. The molecule has 0 aliphatic heterocycles. The molecule has 1 atom stereocenters. The van der Waals surface area contributed by atoms with E-state index in [1.807, 2.05) is 30.3 Å². The average Bonchev–Trinajstić information content (AvgIpc) is 2.39. The van der Waals surface area contributed by atoms with Crippen molar-refractivity contribution < 1.29 is 0 Å². The largest absolute Gasteiger partial charge is 0.325 e. The summed E-state index contributed by atoms with van der Waals surface area (Å²) in [6, 6.07) is 10.0. The summed E-state index contributed by atoms with van der Waals surface area (Å²) < 4.78 is 0. The molecule has 92 valence electrons. The van der Waals surface area contributed by atoms with E-state index in [0.717, 1.165) is 36.1 Å². The first-order valence-corrected chi connectivity index (χ1v) is 6.16. The van der Waals surface area contributed by atoms with E-state index >= 15 is 0 Å². The highest BCUT2D eigenvalue weighted by Gasteiger charge is 2.24. The van der Waals surface area contributed by atoms with Crippen molar-refractivity contribution in [2.45, 2.75) is 25.2 Å². The summed E-state index contributed by atoms with van der Waals surface area (Å²) in [6.45, 7) is 0. The van der Waals surface area contributed by atoms with Crippen LogP contribution in [0.2, 0.25) is 0 Å². The van der Waals surface area contributed by atoms with Crippen LogP contribution in [0.15, 0.2) is 39.9 Å². The van der Waals surface area contributed by atoms with Gasteiger partial charge in [-0.1, -0.05) is 30.3 Å². The Hall–Kier alpha value is -2.10. The molecule has 0 spiro atoms. The molecule has 0 saturated carbocycles. The second-order valence-corrected chi connectivity index (χ2v) is 4.66. The Labute approximate surface area is 104 Å². The zero-order chi connectivity index (χ0) is 12.5. The van der Waals surface area contributed by atoms with Crippen LogP contribution < -0.4 is 11.2 Å². The summed E-state index contributed by atoms with van der Waals surface area (Å²) in [5, 5.41) is 0. The van der Waals surface area contributed by atoms with Gasteiger partial charge in [-0.3, -0.25) is 9.78 Å². The highest BCUT2D eigenvalue weighted by atomic mass is 16.2. The lowest BCUT2D eigenvalue weighted by Gasteiger charge is -2.24. The first-order chi connectivity index (χ1) is 8.75. The van der Waals surface area contributed by atoms with Crippen LogP contribution in [0.5, 0.6) is 0 Å². The van der Waals surface area contributed by atoms with E-state index in [9.17, 15) is 9.59 Å². The van der Waals surface area contributed by atoms with E-state index in [-0.39, 0.29) is 11.5 Å². The molecule has 18 heavy (non-hydrogen) atoms. The van der Waals surface area contributed by atoms with E-state index in [0.29, 0.717) is 0 Å². The maximum absolute atomic E-state index is 11.8. The van der Waals surface area contributed by atoms with E-state index < -0.39 is 5.69 Å². The third-order valence-electron chi connectivity index (χ3n) is 3.54. The van der Waals surface area contributed by atoms with Gasteiger partial charge in [-0.15, -0.1) is 0 Å². The summed E-state index contributed by atoms with van der Waals surface area (Å²) in [5.74, 6) is 0.130. The smallest absolute Gasteiger partial charge is 0.310 e. The molecule has 0 saturated heterocycles. The zero-order valence-corrected chi connectivity index (χ0v) is 9.90. The number of hydrogen-bond acceptors (Lipinski definition) is 2. The van der Waals surface area contributed by atoms with Gasteiger partial charge in [-0.25, -0.2) is 4.79 Å². The number of H-pyrrole nitrogens is 2. The second kappa shape index (κ2) is 4.29. The molecule has 0 fully saturated rings. The predicted octanol–water partition coefficient (Wildman–Crippen LogP) is 1.53. The predicted molar refractivity (Wildman–Crippen MR) is 68.9 cm³/mol. The van der Waals surface area contributed by atoms with Gasteiger partial charge in [0, 0.05) is 17.2 Å². The second-order valence-electron chi connectivity index (χ2n) is 4.66. The van der Waals surface area contributed by atoms with Crippen molar-refractivity contribution in [3.63, 3.8) is 0 Å². The first kappa shape index (κ1) is 11.0. The molecule has 0 unspecified atom stereocenters. The summed E-state index contributed by atoms with van der Waals surface area (Å²) in [4.78, 5) is 28.3. The van der Waals surface area contributed by atoms with Gasteiger partial charge in [0.05, 0.1) is 0 Å². The number of benzene rings is 1. The highest BCUT2D eigenvalue weighted by Crippen LogP contribution is 2.33. The number of aromatic amines is 2. The van der Waals surface area contributed by atoms with Crippen LogP contribution in [-0.4, -0.2) is 9.97 Å². The molecule has 1 aromatic heterocycles. The maximum Gasteiger partial charge on any atom is 0.325 e. The zero-order valence-electron chi connectivity index (χ0n) is 9.90. The van der Waals surface area contributed by atoms with E-state index in [4.69, 9.17) is 0 Å². The van der Waals surface area contributed by atoms with Crippen molar-refractivity contribution in [1.82, 2.24) is 9.97 Å². The minimum absolute atomic E-state index is 0.130. The number of nitrogens with one attached hydrogen (secondary N) is 2. The first-order valence-electron chi connectivity index (χ1n) is 6.16. The van der Waals surface area contributed by atoms with Crippen molar-refractivity contribution in [3.05, 3.63) is 68.0 Å². The lowest BCUT2D eigenvalue weighted by Crippen LogP contribution is -2.31. The van der Waals surface area contributed by atoms with Crippen LogP contribution in [-0.2, 0) is 6.42 Å². The van der Waals surface area contributed by atoms with Crippen molar-refractivity contribution in [1.29, 1.82) is 0 Å². The summed E-state index contributed by atoms with van der Waals surface area (Å²) in [7, 11) is 0. The molecule has 2 N–H and O–H groups in total. The van der Waals surface area contributed by atoms with Gasteiger partial charge in [0.1, 0.15) is 0 Å². The highest BCUT2D eigenvalue weighted by molar-refractivity contribution is 5.34. The van der Waals surface area contributed by atoms with Gasteiger partial charge in [0.15, 0.2) is 0 Å². The van der Waals surface area contributed by atoms with Gasteiger partial charge in [0.25, 0.3) is 5.56 Å².